The van der Waals surface area contributed by atoms with Gasteiger partial charge in [0.2, 0.25) is 0 Å². The molecule has 1 rings (SSSR count). The summed E-state index contributed by atoms with van der Waals surface area (Å²) in [6.45, 7) is 6.47. The van der Waals surface area contributed by atoms with Crippen molar-refractivity contribution in [3.05, 3.63) is 29.8 Å². The summed E-state index contributed by atoms with van der Waals surface area (Å²) >= 11 is 0. The zero-order valence-corrected chi connectivity index (χ0v) is 10.7. The SMILES string of the molecule is CCc1ccc(OC(CC(C)C)OC)cc1. The molecule has 0 heterocycles. The Morgan fingerprint density at radius 2 is 1.75 bits per heavy atom. The first-order valence-electron chi connectivity index (χ1n) is 5.94. The van der Waals surface area contributed by atoms with Gasteiger partial charge < -0.3 is 9.47 Å². The minimum Gasteiger partial charge on any atom is -0.465 e. The van der Waals surface area contributed by atoms with Gasteiger partial charge in [0.25, 0.3) is 0 Å². The van der Waals surface area contributed by atoms with Gasteiger partial charge in [-0.15, -0.1) is 0 Å². The highest BCUT2D eigenvalue weighted by Gasteiger charge is 2.11. The molecule has 0 aliphatic rings. The molecule has 1 unspecified atom stereocenters. The molecule has 0 spiro atoms. The first-order valence-corrected chi connectivity index (χ1v) is 5.94. The average Bonchev–Trinajstić information content (AvgIpc) is 2.28. The minimum absolute atomic E-state index is 0.146. The van der Waals surface area contributed by atoms with E-state index in [2.05, 4.69) is 32.9 Å². The molecule has 0 saturated heterocycles. The van der Waals surface area contributed by atoms with Crippen molar-refractivity contribution >= 4 is 0 Å². The Morgan fingerprint density at radius 1 is 1.12 bits per heavy atom. The van der Waals surface area contributed by atoms with Gasteiger partial charge in [0.05, 0.1) is 0 Å². The van der Waals surface area contributed by atoms with Crippen LogP contribution in [0.15, 0.2) is 24.3 Å². The number of rotatable bonds is 6. The van der Waals surface area contributed by atoms with Gasteiger partial charge in [-0.25, -0.2) is 0 Å². The maximum absolute atomic E-state index is 5.75. The van der Waals surface area contributed by atoms with Crippen LogP contribution >= 0.6 is 0 Å². The van der Waals surface area contributed by atoms with Gasteiger partial charge in [0.15, 0.2) is 6.29 Å². The zero-order chi connectivity index (χ0) is 12.0. The van der Waals surface area contributed by atoms with Crippen molar-refractivity contribution in [3.63, 3.8) is 0 Å². The van der Waals surface area contributed by atoms with E-state index in [0.29, 0.717) is 5.92 Å². The first kappa shape index (κ1) is 13.0. The van der Waals surface area contributed by atoms with Crippen LogP contribution in [0, 0.1) is 5.92 Å². The molecule has 0 bridgehead atoms. The lowest BCUT2D eigenvalue weighted by Crippen LogP contribution is -2.20. The van der Waals surface area contributed by atoms with Crippen LogP contribution < -0.4 is 4.74 Å². The lowest BCUT2D eigenvalue weighted by molar-refractivity contribution is -0.0651. The summed E-state index contributed by atoms with van der Waals surface area (Å²) in [5, 5.41) is 0. The normalized spacial score (nSPS) is 12.8. The van der Waals surface area contributed by atoms with E-state index < -0.39 is 0 Å². The topological polar surface area (TPSA) is 18.5 Å². The lowest BCUT2D eigenvalue weighted by atomic mass is 10.1. The predicted octanol–water partition coefficient (Wildman–Crippen LogP) is 3.65. The van der Waals surface area contributed by atoms with Gasteiger partial charge >= 0.3 is 0 Å². The van der Waals surface area contributed by atoms with Crippen molar-refractivity contribution < 1.29 is 9.47 Å². The molecule has 0 aliphatic carbocycles. The largest absolute Gasteiger partial charge is 0.465 e. The van der Waals surface area contributed by atoms with E-state index in [1.54, 1.807) is 7.11 Å². The Morgan fingerprint density at radius 3 is 2.19 bits per heavy atom. The van der Waals surface area contributed by atoms with Gasteiger partial charge in [-0.2, -0.15) is 0 Å². The quantitative estimate of drug-likeness (QED) is 0.684. The molecule has 0 amide bonds. The molecule has 90 valence electrons. The number of aryl methyl sites for hydroxylation is 1. The molecule has 2 heteroatoms. The molecule has 0 aromatic heterocycles. The third-order valence-corrected chi connectivity index (χ3v) is 2.53. The van der Waals surface area contributed by atoms with Crippen molar-refractivity contribution in [2.45, 2.75) is 39.9 Å². The molecule has 0 fully saturated rings. The van der Waals surface area contributed by atoms with Gasteiger partial charge in [-0.1, -0.05) is 32.9 Å². The van der Waals surface area contributed by atoms with E-state index >= 15 is 0 Å². The van der Waals surface area contributed by atoms with E-state index in [1.807, 2.05) is 12.1 Å². The fourth-order valence-electron chi connectivity index (χ4n) is 1.53. The van der Waals surface area contributed by atoms with Crippen molar-refractivity contribution in [1.82, 2.24) is 0 Å². The Hall–Kier alpha value is -1.02. The second-order valence-electron chi connectivity index (χ2n) is 4.41. The second-order valence-corrected chi connectivity index (χ2v) is 4.41. The highest BCUT2D eigenvalue weighted by atomic mass is 16.7. The van der Waals surface area contributed by atoms with E-state index in [-0.39, 0.29) is 6.29 Å². The maximum atomic E-state index is 5.75. The van der Waals surface area contributed by atoms with Crippen LogP contribution in [0.25, 0.3) is 0 Å². The highest BCUT2D eigenvalue weighted by molar-refractivity contribution is 5.27. The molecule has 1 atom stereocenters. The number of methoxy groups -OCH3 is 1. The zero-order valence-electron chi connectivity index (χ0n) is 10.7. The fourth-order valence-corrected chi connectivity index (χ4v) is 1.53. The Kier molecular flexibility index (Phi) is 5.33. The van der Waals surface area contributed by atoms with E-state index in [9.17, 15) is 0 Å². The first-order chi connectivity index (χ1) is 7.65. The summed E-state index contributed by atoms with van der Waals surface area (Å²) in [4.78, 5) is 0. The summed E-state index contributed by atoms with van der Waals surface area (Å²) < 4.78 is 11.1. The second kappa shape index (κ2) is 6.54. The van der Waals surface area contributed by atoms with Gasteiger partial charge in [0.1, 0.15) is 5.75 Å². The highest BCUT2D eigenvalue weighted by Crippen LogP contribution is 2.17. The molecule has 1 aromatic carbocycles. The maximum Gasteiger partial charge on any atom is 0.199 e. The van der Waals surface area contributed by atoms with E-state index in [1.165, 1.54) is 5.56 Å². The van der Waals surface area contributed by atoms with Crippen LogP contribution in [0.5, 0.6) is 5.75 Å². The number of ether oxygens (including phenoxy) is 2. The van der Waals surface area contributed by atoms with Crippen molar-refractivity contribution in [2.75, 3.05) is 7.11 Å². The third kappa shape index (κ3) is 4.23. The third-order valence-electron chi connectivity index (χ3n) is 2.53. The van der Waals surface area contributed by atoms with Crippen molar-refractivity contribution in [1.29, 1.82) is 0 Å². The Balaban J connectivity index is 2.56. The number of hydrogen-bond acceptors (Lipinski definition) is 2. The molecule has 0 N–H and O–H groups in total. The lowest BCUT2D eigenvalue weighted by Gasteiger charge is -2.19. The summed E-state index contributed by atoms with van der Waals surface area (Å²) in [6, 6.07) is 8.20. The van der Waals surface area contributed by atoms with Crippen LogP contribution in [0.2, 0.25) is 0 Å². The van der Waals surface area contributed by atoms with E-state index in [0.717, 1.165) is 18.6 Å². The Bertz CT molecular complexity index is 290. The number of benzene rings is 1. The summed E-state index contributed by atoms with van der Waals surface area (Å²) in [6.07, 6.45) is 1.82. The van der Waals surface area contributed by atoms with E-state index in [4.69, 9.17) is 9.47 Å². The average molecular weight is 222 g/mol. The number of hydrogen-bond donors (Lipinski definition) is 0. The molecule has 1 aromatic rings. The van der Waals surface area contributed by atoms with Gasteiger partial charge in [-0.3, -0.25) is 0 Å². The molecular weight excluding hydrogens is 200 g/mol. The molecule has 16 heavy (non-hydrogen) atoms. The minimum atomic E-state index is -0.146. The molecular formula is C14H22O2. The van der Waals surface area contributed by atoms with Crippen LogP contribution in [-0.2, 0) is 11.2 Å². The Labute approximate surface area is 98.6 Å². The van der Waals surface area contributed by atoms with Gasteiger partial charge in [0, 0.05) is 13.5 Å². The molecule has 0 radical (unpaired) electrons. The van der Waals surface area contributed by atoms with Crippen LogP contribution in [0.3, 0.4) is 0 Å². The molecule has 2 nitrogen and oxygen atoms in total. The van der Waals surface area contributed by atoms with Crippen molar-refractivity contribution in [2.24, 2.45) is 5.92 Å². The summed E-state index contributed by atoms with van der Waals surface area (Å²) in [7, 11) is 1.69. The monoisotopic (exact) mass is 222 g/mol. The summed E-state index contributed by atoms with van der Waals surface area (Å²) in [5.74, 6) is 1.45. The van der Waals surface area contributed by atoms with Crippen LogP contribution in [0.4, 0.5) is 0 Å². The smallest absolute Gasteiger partial charge is 0.199 e. The molecule has 0 saturated carbocycles. The van der Waals surface area contributed by atoms with Crippen LogP contribution in [-0.4, -0.2) is 13.4 Å². The predicted molar refractivity (Wildman–Crippen MR) is 66.7 cm³/mol. The molecule has 0 aliphatic heterocycles. The van der Waals surface area contributed by atoms with Crippen molar-refractivity contribution in [3.8, 4) is 5.75 Å². The fraction of sp³-hybridized carbons (Fsp3) is 0.571. The van der Waals surface area contributed by atoms with Crippen LogP contribution in [0.1, 0.15) is 32.8 Å². The standard InChI is InChI=1S/C14H22O2/c1-5-12-6-8-13(9-7-12)16-14(15-4)10-11(2)3/h6-9,11,14H,5,10H2,1-4H3. The summed E-state index contributed by atoms with van der Waals surface area (Å²) in [5.41, 5.74) is 1.32. The van der Waals surface area contributed by atoms with Gasteiger partial charge in [-0.05, 0) is 30.0 Å².